The average Bonchev–Trinajstić information content (AvgIpc) is 2.48. The fourth-order valence-corrected chi connectivity index (χ4v) is 1.78. The number of halogens is 2. The van der Waals surface area contributed by atoms with Gasteiger partial charge in [-0.15, -0.1) is 0 Å². The van der Waals surface area contributed by atoms with Crippen molar-refractivity contribution in [2.45, 2.75) is 13.3 Å². The molecule has 0 amide bonds. The van der Waals surface area contributed by atoms with Crippen molar-refractivity contribution >= 4 is 29.1 Å². The number of nitrogens with zero attached hydrogens (tertiary/aromatic N) is 3. The van der Waals surface area contributed by atoms with E-state index in [4.69, 9.17) is 16.9 Å². The van der Waals surface area contributed by atoms with Crippen LogP contribution < -0.4 is 10.6 Å². The zero-order valence-corrected chi connectivity index (χ0v) is 12.1. The van der Waals surface area contributed by atoms with Crippen LogP contribution in [0.3, 0.4) is 0 Å². The lowest BCUT2D eigenvalue weighted by Crippen LogP contribution is -2.06. The van der Waals surface area contributed by atoms with Crippen LogP contribution in [0.2, 0.25) is 5.02 Å². The first kappa shape index (κ1) is 15.0. The summed E-state index contributed by atoms with van der Waals surface area (Å²) in [5, 5.41) is 15.2. The minimum absolute atomic E-state index is 0.0877. The van der Waals surface area contributed by atoms with Crippen molar-refractivity contribution in [3.05, 3.63) is 40.8 Å². The Kier molecular flexibility index (Phi) is 4.90. The van der Waals surface area contributed by atoms with Crippen molar-refractivity contribution in [3.63, 3.8) is 0 Å². The summed E-state index contributed by atoms with van der Waals surface area (Å²) in [7, 11) is 0. The Labute approximate surface area is 126 Å². The molecule has 1 aromatic carbocycles. The predicted octanol–water partition coefficient (Wildman–Crippen LogP) is 3.71. The van der Waals surface area contributed by atoms with Gasteiger partial charge in [0.15, 0.2) is 5.82 Å². The number of rotatable bonds is 5. The molecule has 0 spiro atoms. The minimum Gasteiger partial charge on any atom is -0.354 e. The molecule has 2 aromatic rings. The van der Waals surface area contributed by atoms with E-state index in [0.717, 1.165) is 13.0 Å². The standard InChI is InChI=1S/C14H13ClFN5/c1-2-6-18-14-19-8-10(15)13(21-14)20-12-5-3-4-11(16)9(12)7-17/h3-5,8H,2,6H2,1H3,(H2,18,19,20,21). The number of nitrogens with one attached hydrogen (secondary N) is 2. The molecule has 0 unspecified atom stereocenters. The summed E-state index contributed by atoms with van der Waals surface area (Å²) in [5.74, 6) is 0.128. The predicted molar refractivity (Wildman–Crippen MR) is 80.2 cm³/mol. The largest absolute Gasteiger partial charge is 0.354 e. The fraction of sp³-hybridized carbons (Fsp3) is 0.214. The Balaban J connectivity index is 2.31. The molecule has 2 rings (SSSR count). The molecule has 0 saturated heterocycles. The van der Waals surface area contributed by atoms with E-state index in [-0.39, 0.29) is 10.6 Å². The first-order valence-electron chi connectivity index (χ1n) is 6.37. The highest BCUT2D eigenvalue weighted by Crippen LogP contribution is 2.26. The number of anilines is 3. The SMILES string of the molecule is CCCNc1ncc(Cl)c(Nc2cccc(F)c2C#N)n1. The Morgan fingerprint density at radius 1 is 1.43 bits per heavy atom. The van der Waals surface area contributed by atoms with Gasteiger partial charge in [0, 0.05) is 6.54 Å². The molecule has 0 aliphatic rings. The highest BCUT2D eigenvalue weighted by molar-refractivity contribution is 6.32. The third-order valence-electron chi connectivity index (χ3n) is 2.66. The van der Waals surface area contributed by atoms with Gasteiger partial charge >= 0.3 is 0 Å². The van der Waals surface area contributed by atoms with Crippen molar-refractivity contribution in [3.8, 4) is 6.07 Å². The molecule has 1 aromatic heterocycles. The molecule has 2 N–H and O–H groups in total. The third kappa shape index (κ3) is 3.58. The highest BCUT2D eigenvalue weighted by atomic mass is 35.5. The fourth-order valence-electron chi connectivity index (χ4n) is 1.65. The molecule has 0 fully saturated rings. The molecule has 108 valence electrons. The Bertz CT molecular complexity index is 684. The second-order valence-electron chi connectivity index (χ2n) is 4.22. The Morgan fingerprint density at radius 2 is 2.24 bits per heavy atom. The van der Waals surface area contributed by atoms with Crippen LogP contribution in [-0.4, -0.2) is 16.5 Å². The zero-order chi connectivity index (χ0) is 15.2. The molecule has 0 aliphatic heterocycles. The van der Waals surface area contributed by atoms with E-state index in [2.05, 4.69) is 20.6 Å². The number of hydrogen-bond acceptors (Lipinski definition) is 5. The van der Waals surface area contributed by atoms with Crippen LogP contribution in [0, 0.1) is 17.1 Å². The summed E-state index contributed by atoms with van der Waals surface area (Å²) in [6.07, 6.45) is 2.37. The third-order valence-corrected chi connectivity index (χ3v) is 2.93. The van der Waals surface area contributed by atoms with Gasteiger partial charge in [-0.2, -0.15) is 10.2 Å². The summed E-state index contributed by atoms with van der Waals surface area (Å²) in [6, 6.07) is 6.12. The average molecular weight is 306 g/mol. The van der Waals surface area contributed by atoms with E-state index in [1.54, 1.807) is 6.07 Å². The van der Waals surface area contributed by atoms with E-state index < -0.39 is 5.82 Å². The summed E-state index contributed by atoms with van der Waals surface area (Å²) < 4.78 is 13.6. The summed E-state index contributed by atoms with van der Waals surface area (Å²) >= 11 is 6.02. The smallest absolute Gasteiger partial charge is 0.224 e. The Hall–Kier alpha value is -2.39. The Morgan fingerprint density at radius 3 is 2.95 bits per heavy atom. The number of benzene rings is 1. The van der Waals surface area contributed by atoms with Gasteiger partial charge in [-0.3, -0.25) is 0 Å². The van der Waals surface area contributed by atoms with E-state index >= 15 is 0 Å². The van der Waals surface area contributed by atoms with Gasteiger partial charge in [-0.05, 0) is 18.6 Å². The normalized spacial score (nSPS) is 10.0. The second-order valence-corrected chi connectivity index (χ2v) is 4.62. The lowest BCUT2D eigenvalue weighted by atomic mass is 10.2. The van der Waals surface area contributed by atoms with Crippen molar-refractivity contribution in [2.75, 3.05) is 17.2 Å². The van der Waals surface area contributed by atoms with Crippen molar-refractivity contribution in [1.82, 2.24) is 9.97 Å². The summed E-state index contributed by atoms with van der Waals surface area (Å²) in [6.45, 7) is 2.75. The molecule has 0 radical (unpaired) electrons. The molecule has 1 heterocycles. The summed E-state index contributed by atoms with van der Waals surface area (Å²) in [5.41, 5.74) is 0.217. The maximum Gasteiger partial charge on any atom is 0.224 e. The van der Waals surface area contributed by atoms with Gasteiger partial charge in [-0.25, -0.2) is 9.37 Å². The van der Waals surface area contributed by atoms with E-state index in [1.807, 2.05) is 13.0 Å². The van der Waals surface area contributed by atoms with Gasteiger partial charge in [0.05, 0.1) is 11.9 Å². The van der Waals surface area contributed by atoms with Gasteiger partial charge in [0.25, 0.3) is 0 Å². The van der Waals surface area contributed by atoms with Crippen LogP contribution in [0.15, 0.2) is 24.4 Å². The van der Waals surface area contributed by atoms with E-state index in [1.165, 1.54) is 18.3 Å². The molecular formula is C14H13ClFN5. The van der Waals surface area contributed by atoms with Gasteiger partial charge < -0.3 is 10.6 Å². The van der Waals surface area contributed by atoms with Crippen molar-refractivity contribution in [2.24, 2.45) is 0 Å². The lowest BCUT2D eigenvalue weighted by molar-refractivity contribution is 0.624. The molecule has 0 atom stereocenters. The van der Waals surface area contributed by atoms with Gasteiger partial charge in [0.1, 0.15) is 22.5 Å². The second kappa shape index (κ2) is 6.86. The highest BCUT2D eigenvalue weighted by Gasteiger charge is 2.11. The van der Waals surface area contributed by atoms with E-state index in [9.17, 15) is 4.39 Å². The first-order chi connectivity index (χ1) is 10.2. The van der Waals surface area contributed by atoms with Crippen LogP contribution in [0.5, 0.6) is 0 Å². The van der Waals surface area contributed by atoms with Crippen LogP contribution in [0.4, 0.5) is 21.8 Å². The molecular weight excluding hydrogens is 293 g/mol. The van der Waals surface area contributed by atoms with Crippen molar-refractivity contribution in [1.29, 1.82) is 5.26 Å². The van der Waals surface area contributed by atoms with Gasteiger partial charge in [-0.1, -0.05) is 24.6 Å². The van der Waals surface area contributed by atoms with E-state index in [0.29, 0.717) is 17.5 Å². The maximum atomic E-state index is 13.6. The van der Waals surface area contributed by atoms with Crippen LogP contribution >= 0.6 is 11.6 Å². The number of aromatic nitrogens is 2. The maximum absolute atomic E-state index is 13.6. The molecule has 5 nitrogen and oxygen atoms in total. The number of hydrogen-bond donors (Lipinski definition) is 2. The molecule has 21 heavy (non-hydrogen) atoms. The zero-order valence-electron chi connectivity index (χ0n) is 11.3. The first-order valence-corrected chi connectivity index (χ1v) is 6.75. The van der Waals surface area contributed by atoms with Crippen LogP contribution in [0.1, 0.15) is 18.9 Å². The quantitative estimate of drug-likeness (QED) is 0.881. The monoisotopic (exact) mass is 305 g/mol. The molecule has 0 bridgehead atoms. The summed E-state index contributed by atoms with van der Waals surface area (Å²) in [4.78, 5) is 8.26. The van der Waals surface area contributed by atoms with Crippen LogP contribution in [-0.2, 0) is 0 Å². The molecule has 0 aliphatic carbocycles. The minimum atomic E-state index is -0.600. The van der Waals surface area contributed by atoms with Crippen molar-refractivity contribution < 1.29 is 4.39 Å². The molecule has 7 heteroatoms. The lowest BCUT2D eigenvalue weighted by Gasteiger charge is -2.11. The number of nitriles is 1. The molecule has 0 saturated carbocycles. The van der Waals surface area contributed by atoms with Crippen LogP contribution in [0.25, 0.3) is 0 Å². The van der Waals surface area contributed by atoms with Gasteiger partial charge in [0.2, 0.25) is 5.95 Å². The topological polar surface area (TPSA) is 73.6 Å².